The Hall–Kier alpha value is 0.828. The fraction of sp³-hybridized carbons (Fsp3) is 1.00. The van der Waals surface area contributed by atoms with Gasteiger partial charge in [-0.2, -0.15) is 0 Å². The Morgan fingerprint density at radius 3 is 1.26 bits per heavy atom. The molecule has 0 spiro atoms. The minimum Gasteiger partial charge on any atom is -0.790 e. The molecule has 0 heterocycles. The smallest absolute Gasteiger partial charge is 0.790 e. The second-order valence-corrected chi connectivity index (χ2v) is 6.03. The van der Waals surface area contributed by atoms with Crippen LogP contribution in [0.15, 0.2) is 0 Å². The summed E-state index contributed by atoms with van der Waals surface area (Å²) in [6.45, 7) is 0. The number of phosphoric acid groups is 2. The summed E-state index contributed by atoms with van der Waals surface area (Å²) in [5.74, 6) is 0. The van der Waals surface area contributed by atoms with E-state index in [0.717, 1.165) is 12.8 Å². The summed E-state index contributed by atoms with van der Waals surface area (Å²) < 4.78 is 21.2. The maximum absolute atomic E-state index is 9.32. The molecule has 0 unspecified atom stereocenters. The average Bonchev–Trinajstić information content (AvgIpc) is 2.04. The molecule has 0 bridgehead atoms. The van der Waals surface area contributed by atoms with Gasteiger partial charge in [0.05, 0.1) is 15.6 Å². The Labute approximate surface area is 125 Å². The molecule has 0 aliphatic heterocycles. The first-order valence-corrected chi connectivity index (χ1v) is 7.70. The van der Waals surface area contributed by atoms with Gasteiger partial charge in [-0.1, -0.05) is 12.8 Å². The van der Waals surface area contributed by atoms with Gasteiger partial charge in [-0.3, -0.25) is 0 Å². The molecule has 1 fully saturated rings. The van der Waals surface area contributed by atoms with E-state index in [1.807, 2.05) is 0 Å². The van der Waals surface area contributed by atoms with Gasteiger partial charge in [0.15, 0.2) is 0 Å². The first kappa shape index (κ1) is 24.8. The van der Waals surface area contributed by atoms with E-state index in [9.17, 15) is 28.7 Å². The molecule has 0 saturated heterocycles. The monoisotopic (exact) mass is 501 g/mol. The van der Waals surface area contributed by atoms with Crippen molar-refractivity contribution in [2.75, 3.05) is 0 Å². The second kappa shape index (κ2) is 10.5. The molecule has 1 saturated carbocycles. The molecule has 0 aromatic heterocycles. The summed E-state index contributed by atoms with van der Waals surface area (Å²) >= 11 is 0. The van der Waals surface area contributed by atoms with Crippen molar-refractivity contribution in [2.24, 2.45) is 11.5 Å². The van der Waals surface area contributed by atoms with Crippen molar-refractivity contribution in [3.8, 4) is 0 Å². The number of rotatable bonds is 2. The normalized spacial score (nSPS) is 23.3. The molecule has 0 aromatic carbocycles. The minimum atomic E-state index is -5.68. The SMILES string of the molecule is N[C@H]1CCCC[C@@H]1N.O.O=P([O-])([O-])OP(=O)([O-])[O-].[Pt+4]. The van der Waals surface area contributed by atoms with Gasteiger partial charge in [0.2, 0.25) is 0 Å². The topological polar surface area (TPSA) is 219 Å². The van der Waals surface area contributed by atoms with E-state index in [2.05, 4.69) is 4.31 Å². The first-order valence-electron chi connectivity index (χ1n) is 4.78. The maximum atomic E-state index is 9.32. The average molecular weight is 501 g/mol. The summed E-state index contributed by atoms with van der Waals surface area (Å²) in [5, 5.41) is 0. The third-order valence-electron chi connectivity index (χ3n) is 2.07. The molecule has 1 rings (SSSR count). The standard InChI is InChI=1S/C6H14N2.H4O7P2.H2O.Pt/c7-5-3-1-2-4-6(5)8;1-8(2,3)7-9(4,5)6;;/h5-6H,1-4,7-8H2;(H2,1,2,3)(H2,4,5,6);1H2;/q;;;+4/p-4/t5-,6-;;;/m0.../s1. The Morgan fingerprint density at radius 2 is 1.16 bits per heavy atom. The molecule has 0 radical (unpaired) electrons. The molecule has 1 aliphatic rings. The number of hydrogen-bond acceptors (Lipinski definition) is 9. The quantitative estimate of drug-likeness (QED) is 0.352. The van der Waals surface area contributed by atoms with Crippen LogP contribution in [0.2, 0.25) is 0 Å². The summed E-state index contributed by atoms with van der Waals surface area (Å²) in [7, 11) is -11.4. The Balaban J connectivity index is -0.000000244. The van der Waals surface area contributed by atoms with Gasteiger partial charge in [-0.15, -0.1) is 0 Å². The zero-order valence-corrected chi connectivity index (χ0v) is 13.8. The van der Waals surface area contributed by atoms with Crippen molar-refractivity contribution in [3.63, 3.8) is 0 Å². The molecular weight excluding hydrogens is 485 g/mol. The van der Waals surface area contributed by atoms with Crippen molar-refractivity contribution >= 4 is 15.6 Å². The Kier molecular flexibility index (Phi) is 13.8. The van der Waals surface area contributed by atoms with Crippen LogP contribution in [0.5, 0.6) is 0 Å². The zero-order chi connectivity index (χ0) is 13.7. The van der Waals surface area contributed by atoms with Gasteiger partial charge in [0.25, 0.3) is 0 Å². The number of hydrogen-bond donors (Lipinski definition) is 2. The molecular formula is C6H16N2O8P2Pt. The molecule has 0 amide bonds. The van der Waals surface area contributed by atoms with Crippen LogP contribution in [0.3, 0.4) is 0 Å². The van der Waals surface area contributed by atoms with Gasteiger partial charge in [0.1, 0.15) is 0 Å². The van der Waals surface area contributed by atoms with Gasteiger partial charge in [0, 0.05) is 12.1 Å². The molecule has 10 nitrogen and oxygen atoms in total. The van der Waals surface area contributed by atoms with E-state index in [1.54, 1.807) is 0 Å². The maximum Gasteiger partial charge on any atom is 4.00 e. The van der Waals surface area contributed by atoms with Crippen molar-refractivity contribution in [2.45, 2.75) is 37.8 Å². The summed E-state index contributed by atoms with van der Waals surface area (Å²) in [5.41, 5.74) is 11.3. The fourth-order valence-corrected chi connectivity index (χ4v) is 2.29. The van der Waals surface area contributed by atoms with Crippen LogP contribution in [-0.2, 0) is 34.5 Å². The van der Waals surface area contributed by atoms with Crippen LogP contribution in [0, 0.1) is 0 Å². The molecule has 19 heavy (non-hydrogen) atoms. The molecule has 13 heteroatoms. The van der Waals surface area contributed by atoms with Crippen molar-refractivity contribution in [3.05, 3.63) is 0 Å². The largest absolute Gasteiger partial charge is 4.00 e. The van der Waals surface area contributed by atoms with E-state index in [4.69, 9.17) is 11.5 Å². The van der Waals surface area contributed by atoms with Gasteiger partial charge in [-0.05, 0) is 12.8 Å². The van der Waals surface area contributed by atoms with Crippen molar-refractivity contribution in [1.29, 1.82) is 0 Å². The molecule has 2 atom stereocenters. The van der Waals surface area contributed by atoms with Crippen molar-refractivity contribution in [1.82, 2.24) is 0 Å². The van der Waals surface area contributed by atoms with E-state index in [0.29, 0.717) is 0 Å². The molecule has 1 aliphatic carbocycles. The Bertz CT molecular complexity index is 290. The van der Waals surface area contributed by atoms with E-state index in [-0.39, 0.29) is 38.6 Å². The summed E-state index contributed by atoms with van der Waals surface area (Å²) in [6.07, 6.45) is 4.80. The molecule has 0 aromatic rings. The van der Waals surface area contributed by atoms with Gasteiger partial charge in [-0.25, -0.2) is 0 Å². The third-order valence-corrected chi connectivity index (χ3v) is 3.67. The fourth-order valence-electron chi connectivity index (χ4n) is 1.31. The van der Waals surface area contributed by atoms with Gasteiger partial charge < -0.3 is 50.0 Å². The van der Waals surface area contributed by atoms with Crippen LogP contribution in [0.1, 0.15) is 25.7 Å². The van der Waals surface area contributed by atoms with E-state index < -0.39 is 15.6 Å². The second-order valence-electron chi connectivity index (χ2n) is 3.59. The predicted molar refractivity (Wildman–Crippen MR) is 54.3 cm³/mol. The predicted octanol–water partition coefficient (Wildman–Crippen LogP) is -3.95. The minimum absolute atomic E-state index is 0. The van der Waals surface area contributed by atoms with Crippen LogP contribution >= 0.6 is 15.6 Å². The first-order chi connectivity index (χ1) is 7.51. The van der Waals surface area contributed by atoms with Crippen LogP contribution in [-0.4, -0.2) is 17.6 Å². The van der Waals surface area contributed by atoms with E-state index in [1.165, 1.54) is 12.8 Å². The zero-order valence-electron chi connectivity index (χ0n) is 9.71. The van der Waals surface area contributed by atoms with Crippen LogP contribution in [0.4, 0.5) is 0 Å². The third kappa shape index (κ3) is 16.8. The summed E-state index contributed by atoms with van der Waals surface area (Å²) in [6, 6.07) is 0.562. The van der Waals surface area contributed by atoms with Gasteiger partial charge >= 0.3 is 21.1 Å². The summed E-state index contributed by atoms with van der Waals surface area (Å²) in [4.78, 5) is 37.3. The van der Waals surface area contributed by atoms with Crippen LogP contribution < -0.4 is 31.0 Å². The Morgan fingerprint density at radius 1 is 0.895 bits per heavy atom. The van der Waals surface area contributed by atoms with Crippen LogP contribution in [0.25, 0.3) is 0 Å². The van der Waals surface area contributed by atoms with Crippen molar-refractivity contribution < 1.29 is 59.6 Å². The molecule has 6 N–H and O–H groups in total. The molecule has 118 valence electrons. The van der Waals surface area contributed by atoms with E-state index >= 15 is 0 Å². The number of nitrogens with two attached hydrogens (primary N) is 2.